The number of nitrogens with two attached hydrogens (primary N) is 1. The van der Waals surface area contributed by atoms with Gasteiger partial charge in [-0.05, 0) is 49.9 Å². The quantitative estimate of drug-likeness (QED) is 0.876. The van der Waals surface area contributed by atoms with E-state index >= 15 is 0 Å². The van der Waals surface area contributed by atoms with Gasteiger partial charge in [0.2, 0.25) is 5.91 Å². The molecule has 1 aliphatic carbocycles. The number of hydrogen-bond donors (Lipinski definition) is 2. The molecule has 0 unspecified atom stereocenters. The second-order valence-corrected chi connectivity index (χ2v) is 5.62. The largest absolute Gasteiger partial charge is 0.493 e. The standard InChI is InChI=1S/C16H24N2O2.ClH/c1-12(17)16(19)18-14-7-9-15(10-8-14)20-11-13-5-3-2-4-6-13;/h7-10,12-13H,2-6,11,17H2,1H3,(H,18,19);1H/t12-;/m0./s1. The Bertz CT molecular complexity index is 428. The minimum Gasteiger partial charge on any atom is -0.493 e. The Morgan fingerprint density at radius 1 is 1.29 bits per heavy atom. The van der Waals surface area contributed by atoms with Crippen molar-refractivity contribution >= 4 is 24.0 Å². The van der Waals surface area contributed by atoms with Crippen LogP contribution in [0, 0.1) is 5.92 Å². The van der Waals surface area contributed by atoms with Gasteiger partial charge in [-0.15, -0.1) is 12.4 Å². The van der Waals surface area contributed by atoms with Gasteiger partial charge in [0.1, 0.15) is 5.75 Å². The van der Waals surface area contributed by atoms with Crippen LogP contribution in [0.4, 0.5) is 5.69 Å². The minimum absolute atomic E-state index is 0. The summed E-state index contributed by atoms with van der Waals surface area (Å²) in [5, 5.41) is 2.75. The highest BCUT2D eigenvalue weighted by Crippen LogP contribution is 2.25. The topological polar surface area (TPSA) is 64.4 Å². The molecule has 1 atom stereocenters. The van der Waals surface area contributed by atoms with Crippen molar-refractivity contribution in [3.63, 3.8) is 0 Å². The number of nitrogens with one attached hydrogen (secondary N) is 1. The van der Waals surface area contributed by atoms with Gasteiger partial charge < -0.3 is 15.8 Å². The highest BCUT2D eigenvalue weighted by molar-refractivity contribution is 5.94. The van der Waals surface area contributed by atoms with E-state index in [-0.39, 0.29) is 18.3 Å². The average molecular weight is 313 g/mol. The number of carbonyl (C=O) groups is 1. The number of halogens is 1. The summed E-state index contributed by atoms with van der Waals surface area (Å²) in [5.41, 5.74) is 6.25. The third kappa shape index (κ3) is 5.94. The lowest BCUT2D eigenvalue weighted by molar-refractivity contribution is -0.117. The summed E-state index contributed by atoms with van der Waals surface area (Å²) in [6.07, 6.45) is 6.59. The van der Waals surface area contributed by atoms with Crippen LogP contribution in [-0.4, -0.2) is 18.6 Å². The zero-order valence-electron chi connectivity index (χ0n) is 12.5. The molecule has 1 fully saturated rings. The van der Waals surface area contributed by atoms with Gasteiger partial charge in [0, 0.05) is 5.69 Å². The molecule has 1 amide bonds. The molecule has 4 nitrogen and oxygen atoms in total. The number of ether oxygens (including phenoxy) is 1. The van der Waals surface area contributed by atoms with Crippen LogP contribution in [0.2, 0.25) is 0 Å². The first-order valence-electron chi connectivity index (χ1n) is 7.44. The van der Waals surface area contributed by atoms with Gasteiger partial charge in [-0.3, -0.25) is 4.79 Å². The minimum atomic E-state index is -0.503. The zero-order chi connectivity index (χ0) is 14.4. The van der Waals surface area contributed by atoms with Crippen LogP contribution in [0.25, 0.3) is 0 Å². The molecule has 0 aromatic heterocycles. The van der Waals surface area contributed by atoms with E-state index in [1.165, 1.54) is 32.1 Å². The summed E-state index contributed by atoms with van der Waals surface area (Å²) in [5.74, 6) is 1.37. The van der Waals surface area contributed by atoms with Crippen LogP contribution in [0.1, 0.15) is 39.0 Å². The maximum atomic E-state index is 11.5. The fourth-order valence-electron chi connectivity index (χ4n) is 2.46. The Kier molecular flexibility index (Phi) is 7.54. The fraction of sp³-hybridized carbons (Fsp3) is 0.562. The number of anilines is 1. The molecule has 0 bridgehead atoms. The molecule has 0 radical (unpaired) electrons. The molecule has 0 aliphatic heterocycles. The van der Waals surface area contributed by atoms with E-state index in [1.54, 1.807) is 6.92 Å². The van der Waals surface area contributed by atoms with Crippen LogP contribution < -0.4 is 15.8 Å². The fourth-order valence-corrected chi connectivity index (χ4v) is 2.46. The molecular weight excluding hydrogens is 288 g/mol. The predicted molar refractivity (Wildman–Crippen MR) is 88.0 cm³/mol. The molecule has 5 heteroatoms. The Morgan fingerprint density at radius 2 is 1.90 bits per heavy atom. The first-order chi connectivity index (χ1) is 9.65. The zero-order valence-corrected chi connectivity index (χ0v) is 13.3. The monoisotopic (exact) mass is 312 g/mol. The maximum absolute atomic E-state index is 11.5. The molecule has 1 aromatic rings. The summed E-state index contributed by atoms with van der Waals surface area (Å²) in [6, 6.07) is 6.96. The Hall–Kier alpha value is -1.26. The Balaban J connectivity index is 0.00000220. The van der Waals surface area contributed by atoms with Gasteiger partial charge in [0.15, 0.2) is 0 Å². The average Bonchev–Trinajstić information content (AvgIpc) is 2.47. The van der Waals surface area contributed by atoms with Crippen LogP contribution in [0.3, 0.4) is 0 Å². The molecule has 1 aromatic carbocycles. The number of benzene rings is 1. The summed E-state index contributed by atoms with van der Waals surface area (Å²) < 4.78 is 5.82. The lowest BCUT2D eigenvalue weighted by Crippen LogP contribution is -2.32. The number of amides is 1. The summed E-state index contributed by atoms with van der Waals surface area (Å²) >= 11 is 0. The van der Waals surface area contributed by atoms with Crippen molar-refractivity contribution < 1.29 is 9.53 Å². The molecule has 0 heterocycles. The molecule has 118 valence electrons. The van der Waals surface area contributed by atoms with Crippen LogP contribution in [0.5, 0.6) is 5.75 Å². The van der Waals surface area contributed by atoms with Crippen LogP contribution in [-0.2, 0) is 4.79 Å². The molecule has 0 saturated heterocycles. The van der Waals surface area contributed by atoms with Crippen molar-refractivity contribution in [2.24, 2.45) is 11.7 Å². The van der Waals surface area contributed by atoms with E-state index in [0.717, 1.165) is 18.0 Å². The second-order valence-electron chi connectivity index (χ2n) is 5.62. The first-order valence-corrected chi connectivity index (χ1v) is 7.44. The van der Waals surface area contributed by atoms with Crippen LogP contribution >= 0.6 is 12.4 Å². The van der Waals surface area contributed by atoms with Crippen LogP contribution in [0.15, 0.2) is 24.3 Å². The van der Waals surface area contributed by atoms with Crippen molar-refractivity contribution in [2.45, 2.75) is 45.1 Å². The van der Waals surface area contributed by atoms with Crippen molar-refractivity contribution in [1.82, 2.24) is 0 Å². The molecule has 3 N–H and O–H groups in total. The van der Waals surface area contributed by atoms with E-state index in [4.69, 9.17) is 10.5 Å². The second kappa shape index (κ2) is 8.90. The lowest BCUT2D eigenvalue weighted by atomic mass is 9.90. The van der Waals surface area contributed by atoms with Crippen molar-refractivity contribution in [3.8, 4) is 5.75 Å². The molecule has 2 rings (SSSR count). The molecule has 21 heavy (non-hydrogen) atoms. The van der Waals surface area contributed by atoms with E-state index in [0.29, 0.717) is 5.92 Å². The Labute approximate surface area is 132 Å². The summed E-state index contributed by atoms with van der Waals surface area (Å²) in [7, 11) is 0. The third-order valence-electron chi connectivity index (χ3n) is 3.75. The third-order valence-corrected chi connectivity index (χ3v) is 3.75. The van der Waals surface area contributed by atoms with E-state index < -0.39 is 6.04 Å². The smallest absolute Gasteiger partial charge is 0.240 e. The van der Waals surface area contributed by atoms with E-state index in [1.807, 2.05) is 24.3 Å². The molecule has 1 aliphatic rings. The van der Waals surface area contributed by atoms with E-state index in [2.05, 4.69) is 5.32 Å². The van der Waals surface area contributed by atoms with Gasteiger partial charge in [-0.25, -0.2) is 0 Å². The lowest BCUT2D eigenvalue weighted by Gasteiger charge is -2.21. The normalized spacial score (nSPS) is 16.7. The highest BCUT2D eigenvalue weighted by Gasteiger charge is 2.14. The van der Waals surface area contributed by atoms with Gasteiger partial charge in [0.05, 0.1) is 12.6 Å². The Morgan fingerprint density at radius 3 is 2.48 bits per heavy atom. The SMILES string of the molecule is C[C@H](N)C(=O)Nc1ccc(OCC2CCCCC2)cc1.Cl. The highest BCUT2D eigenvalue weighted by atomic mass is 35.5. The van der Waals surface area contributed by atoms with Gasteiger partial charge in [0.25, 0.3) is 0 Å². The molecule has 0 spiro atoms. The molecular formula is C16H25ClN2O2. The van der Waals surface area contributed by atoms with Crippen molar-refractivity contribution in [2.75, 3.05) is 11.9 Å². The number of rotatable bonds is 5. The van der Waals surface area contributed by atoms with Crippen molar-refractivity contribution in [3.05, 3.63) is 24.3 Å². The predicted octanol–water partition coefficient (Wildman–Crippen LogP) is 3.35. The number of carbonyl (C=O) groups excluding carboxylic acids is 1. The van der Waals surface area contributed by atoms with Gasteiger partial charge >= 0.3 is 0 Å². The summed E-state index contributed by atoms with van der Waals surface area (Å²) in [6.45, 7) is 2.46. The van der Waals surface area contributed by atoms with Gasteiger partial charge in [-0.1, -0.05) is 19.3 Å². The molecule has 1 saturated carbocycles. The van der Waals surface area contributed by atoms with Crippen molar-refractivity contribution in [1.29, 1.82) is 0 Å². The first kappa shape index (κ1) is 17.8. The summed E-state index contributed by atoms with van der Waals surface area (Å²) in [4.78, 5) is 11.5. The van der Waals surface area contributed by atoms with Gasteiger partial charge in [-0.2, -0.15) is 0 Å². The maximum Gasteiger partial charge on any atom is 0.240 e. The number of hydrogen-bond acceptors (Lipinski definition) is 3. The van der Waals surface area contributed by atoms with E-state index in [9.17, 15) is 4.79 Å².